The normalized spacial score (nSPS) is 15.0. The van der Waals surface area contributed by atoms with Crippen molar-refractivity contribution in [1.82, 2.24) is 10.2 Å². The fourth-order valence-electron chi connectivity index (χ4n) is 3.37. The first-order chi connectivity index (χ1) is 14.7. The highest BCUT2D eigenvalue weighted by Crippen LogP contribution is 2.16. The highest BCUT2D eigenvalue weighted by atomic mass is 16.5. The van der Waals surface area contributed by atoms with Gasteiger partial charge in [-0.3, -0.25) is 9.59 Å². The maximum absolute atomic E-state index is 13.2. The molecule has 2 aromatic rings. The van der Waals surface area contributed by atoms with Crippen molar-refractivity contribution in [3.8, 4) is 5.75 Å². The second-order valence-electron chi connectivity index (χ2n) is 7.27. The van der Waals surface area contributed by atoms with E-state index in [1.54, 1.807) is 19.3 Å². The lowest BCUT2D eigenvalue weighted by molar-refractivity contribution is -0.128. The first kappa shape index (κ1) is 21.4. The molecule has 1 heterocycles. The van der Waals surface area contributed by atoms with Gasteiger partial charge in [-0.15, -0.1) is 0 Å². The number of amides is 2. The summed E-state index contributed by atoms with van der Waals surface area (Å²) in [7, 11) is 1.61. The Bertz CT molecular complexity index is 894. The van der Waals surface area contributed by atoms with Crippen molar-refractivity contribution in [3.63, 3.8) is 0 Å². The van der Waals surface area contributed by atoms with Crippen LogP contribution in [0, 0.1) is 0 Å². The lowest BCUT2D eigenvalue weighted by atomic mass is 10.1. The molecule has 1 N–H and O–H groups in total. The molecule has 0 radical (unpaired) electrons. The average molecular weight is 405 g/mol. The molecule has 5 heteroatoms. The van der Waals surface area contributed by atoms with E-state index in [1.807, 2.05) is 59.5 Å². The second kappa shape index (κ2) is 11.0. The van der Waals surface area contributed by atoms with Crippen molar-refractivity contribution in [2.75, 3.05) is 20.2 Å². The summed E-state index contributed by atoms with van der Waals surface area (Å²) < 4.78 is 5.19. The standard InChI is InChI=1S/C25H28N2O3/c1-30-22-14-11-21(12-15-22)19-23(25(29)27-17-7-2-3-8-18-27)26-24(28)16-13-20-9-5-4-6-10-20/h4-6,9-16,19H,2-3,7-8,17-18H2,1H3,(H,26,28)/b16-13+,23-19-. The predicted octanol–water partition coefficient (Wildman–Crippen LogP) is 4.27. The Morgan fingerprint density at radius 1 is 0.900 bits per heavy atom. The van der Waals surface area contributed by atoms with Gasteiger partial charge in [-0.05, 0) is 48.3 Å². The molecule has 0 saturated carbocycles. The Kier molecular flexibility index (Phi) is 7.84. The van der Waals surface area contributed by atoms with E-state index in [-0.39, 0.29) is 17.5 Å². The van der Waals surface area contributed by atoms with Crippen LogP contribution in [0.4, 0.5) is 0 Å². The molecule has 5 nitrogen and oxygen atoms in total. The number of likely N-dealkylation sites (tertiary alicyclic amines) is 1. The SMILES string of the molecule is COc1ccc(/C=C(\NC(=O)/C=C/c2ccccc2)C(=O)N2CCCCCC2)cc1. The minimum absolute atomic E-state index is 0.144. The minimum Gasteiger partial charge on any atom is -0.497 e. The van der Waals surface area contributed by atoms with Crippen LogP contribution >= 0.6 is 0 Å². The third-order valence-electron chi connectivity index (χ3n) is 5.04. The van der Waals surface area contributed by atoms with Crippen LogP contribution in [-0.4, -0.2) is 36.9 Å². The molecule has 1 saturated heterocycles. The largest absolute Gasteiger partial charge is 0.497 e. The molecule has 1 aliphatic heterocycles. The van der Waals surface area contributed by atoms with Crippen LogP contribution in [0.25, 0.3) is 12.2 Å². The van der Waals surface area contributed by atoms with E-state index < -0.39 is 0 Å². The number of nitrogens with zero attached hydrogens (tertiary/aromatic N) is 1. The smallest absolute Gasteiger partial charge is 0.270 e. The number of carbonyl (C=O) groups is 2. The van der Waals surface area contributed by atoms with E-state index >= 15 is 0 Å². The second-order valence-corrected chi connectivity index (χ2v) is 7.27. The number of rotatable bonds is 6. The first-order valence-electron chi connectivity index (χ1n) is 10.3. The summed E-state index contributed by atoms with van der Waals surface area (Å²) in [5.74, 6) is 0.262. The molecule has 1 aliphatic rings. The van der Waals surface area contributed by atoms with Crippen LogP contribution in [0.1, 0.15) is 36.8 Å². The summed E-state index contributed by atoms with van der Waals surface area (Å²) in [4.78, 5) is 27.6. The summed E-state index contributed by atoms with van der Waals surface area (Å²) >= 11 is 0. The summed E-state index contributed by atoms with van der Waals surface area (Å²) in [6.45, 7) is 1.43. The number of carbonyl (C=O) groups excluding carboxylic acids is 2. The van der Waals surface area contributed by atoms with E-state index in [4.69, 9.17) is 4.74 Å². The highest BCUT2D eigenvalue weighted by Gasteiger charge is 2.20. The van der Waals surface area contributed by atoms with Crippen LogP contribution in [0.2, 0.25) is 0 Å². The number of hydrogen-bond donors (Lipinski definition) is 1. The van der Waals surface area contributed by atoms with Crippen molar-refractivity contribution in [3.05, 3.63) is 77.5 Å². The fourth-order valence-corrected chi connectivity index (χ4v) is 3.37. The monoisotopic (exact) mass is 404 g/mol. The Morgan fingerprint density at radius 2 is 1.57 bits per heavy atom. The number of benzene rings is 2. The lowest BCUT2D eigenvalue weighted by Gasteiger charge is -2.22. The van der Waals surface area contributed by atoms with Gasteiger partial charge in [0, 0.05) is 19.2 Å². The van der Waals surface area contributed by atoms with E-state index in [9.17, 15) is 9.59 Å². The molecule has 2 amide bonds. The Hall–Kier alpha value is -3.34. The van der Waals surface area contributed by atoms with Gasteiger partial charge >= 0.3 is 0 Å². The fraction of sp³-hybridized carbons (Fsp3) is 0.280. The van der Waals surface area contributed by atoms with Gasteiger partial charge in [-0.2, -0.15) is 0 Å². The maximum atomic E-state index is 13.2. The molecule has 0 aliphatic carbocycles. The van der Waals surface area contributed by atoms with Crippen molar-refractivity contribution in [1.29, 1.82) is 0 Å². The zero-order chi connectivity index (χ0) is 21.2. The molecule has 0 spiro atoms. The molecule has 0 bridgehead atoms. The molecule has 2 aromatic carbocycles. The minimum atomic E-state index is -0.332. The summed E-state index contributed by atoms with van der Waals surface area (Å²) in [6.07, 6.45) is 9.15. The summed E-state index contributed by atoms with van der Waals surface area (Å²) in [6, 6.07) is 17.0. The van der Waals surface area contributed by atoms with Crippen molar-refractivity contribution in [2.45, 2.75) is 25.7 Å². The lowest BCUT2D eigenvalue weighted by Crippen LogP contribution is -2.38. The number of nitrogens with one attached hydrogen (secondary N) is 1. The predicted molar refractivity (Wildman–Crippen MR) is 120 cm³/mol. The number of methoxy groups -OCH3 is 1. The molecular formula is C25H28N2O3. The van der Waals surface area contributed by atoms with Crippen LogP contribution in [0.5, 0.6) is 5.75 Å². The van der Waals surface area contributed by atoms with Gasteiger partial charge in [0.15, 0.2) is 0 Å². The van der Waals surface area contributed by atoms with Crippen molar-refractivity contribution < 1.29 is 14.3 Å². The van der Waals surface area contributed by atoms with Gasteiger partial charge in [-0.25, -0.2) is 0 Å². The number of ether oxygens (including phenoxy) is 1. The topological polar surface area (TPSA) is 58.6 Å². The molecule has 0 atom stereocenters. The van der Waals surface area contributed by atoms with Crippen LogP contribution < -0.4 is 10.1 Å². The van der Waals surface area contributed by atoms with Crippen LogP contribution in [-0.2, 0) is 9.59 Å². The van der Waals surface area contributed by atoms with Crippen molar-refractivity contribution >= 4 is 24.0 Å². The Balaban J connectivity index is 1.80. The molecule has 0 aromatic heterocycles. The van der Waals surface area contributed by atoms with Gasteiger partial charge in [0.2, 0.25) is 5.91 Å². The van der Waals surface area contributed by atoms with Crippen LogP contribution in [0.15, 0.2) is 66.4 Å². The average Bonchev–Trinajstić information content (AvgIpc) is 3.07. The Labute approximate surface area is 178 Å². The Morgan fingerprint density at radius 3 is 2.20 bits per heavy atom. The van der Waals surface area contributed by atoms with Gasteiger partial charge in [0.1, 0.15) is 11.4 Å². The molecule has 30 heavy (non-hydrogen) atoms. The first-order valence-corrected chi connectivity index (χ1v) is 10.3. The maximum Gasteiger partial charge on any atom is 0.270 e. The van der Waals surface area contributed by atoms with Gasteiger partial charge in [0.25, 0.3) is 5.91 Å². The zero-order valence-corrected chi connectivity index (χ0v) is 17.3. The zero-order valence-electron chi connectivity index (χ0n) is 17.3. The number of hydrogen-bond acceptors (Lipinski definition) is 3. The summed E-state index contributed by atoms with van der Waals surface area (Å²) in [5.41, 5.74) is 2.03. The third kappa shape index (κ3) is 6.34. The highest BCUT2D eigenvalue weighted by molar-refractivity contribution is 6.04. The van der Waals surface area contributed by atoms with E-state index in [2.05, 4.69) is 5.32 Å². The van der Waals surface area contributed by atoms with Crippen molar-refractivity contribution in [2.24, 2.45) is 0 Å². The van der Waals surface area contributed by atoms with E-state index in [1.165, 1.54) is 6.08 Å². The third-order valence-corrected chi connectivity index (χ3v) is 5.04. The quantitative estimate of drug-likeness (QED) is 0.732. The van der Waals surface area contributed by atoms with E-state index in [0.29, 0.717) is 13.1 Å². The van der Waals surface area contributed by atoms with Gasteiger partial charge in [0.05, 0.1) is 7.11 Å². The molecular weight excluding hydrogens is 376 g/mol. The van der Waals surface area contributed by atoms with Gasteiger partial charge < -0.3 is 15.0 Å². The van der Waals surface area contributed by atoms with E-state index in [0.717, 1.165) is 42.6 Å². The molecule has 3 rings (SSSR count). The summed E-state index contributed by atoms with van der Waals surface area (Å²) in [5, 5.41) is 2.79. The van der Waals surface area contributed by atoms with Crippen LogP contribution in [0.3, 0.4) is 0 Å². The molecule has 1 fully saturated rings. The molecule has 156 valence electrons. The van der Waals surface area contributed by atoms with Gasteiger partial charge in [-0.1, -0.05) is 55.3 Å². The molecule has 0 unspecified atom stereocenters.